The topological polar surface area (TPSA) is 73.6 Å². The summed E-state index contributed by atoms with van der Waals surface area (Å²) in [6.45, 7) is 0.677. The van der Waals surface area contributed by atoms with Gasteiger partial charge in [0.2, 0.25) is 0 Å². The van der Waals surface area contributed by atoms with Crippen LogP contribution in [0, 0.1) is 11.3 Å². The first-order chi connectivity index (χ1) is 10.3. The molecule has 2 N–H and O–H groups in total. The van der Waals surface area contributed by atoms with Gasteiger partial charge in [0, 0.05) is 25.6 Å². The van der Waals surface area contributed by atoms with E-state index < -0.39 is 0 Å². The summed E-state index contributed by atoms with van der Waals surface area (Å²) in [5.41, 5.74) is 1.79. The summed E-state index contributed by atoms with van der Waals surface area (Å²) in [5.74, 6) is 3.12. The maximum absolute atomic E-state index is 8.79. The fraction of sp³-hybridized carbons (Fsp3) is 0.312. The Morgan fingerprint density at radius 1 is 1.19 bits per heavy atom. The lowest BCUT2D eigenvalue weighted by Crippen LogP contribution is -2.06. The number of anilines is 2. The minimum absolute atomic E-state index is 0.522. The average Bonchev–Trinajstić information content (AvgIpc) is 3.38. The van der Waals surface area contributed by atoms with Gasteiger partial charge in [-0.05, 0) is 30.5 Å². The van der Waals surface area contributed by atoms with Crippen LogP contribution in [-0.4, -0.2) is 17.0 Å². The Hall–Kier alpha value is -2.61. The van der Waals surface area contributed by atoms with Crippen molar-refractivity contribution < 1.29 is 0 Å². The highest BCUT2D eigenvalue weighted by molar-refractivity contribution is 5.48. The van der Waals surface area contributed by atoms with Crippen molar-refractivity contribution in [3.8, 4) is 6.07 Å². The fourth-order valence-electron chi connectivity index (χ4n) is 2.10. The van der Waals surface area contributed by atoms with Crippen LogP contribution in [0.4, 0.5) is 11.6 Å². The van der Waals surface area contributed by atoms with Crippen molar-refractivity contribution in [3.63, 3.8) is 0 Å². The molecule has 5 nitrogen and oxygen atoms in total. The Morgan fingerprint density at radius 2 is 1.90 bits per heavy atom. The third-order valence-corrected chi connectivity index (χ3v) is 3.50. The number of nitrogens with one attached hydrogen (secondary N) is 2. The average molecular weight is 279 g/mol. The lowest BCUT2D eigenvalue weighted by Gasteiger charge is -2.09. The molecular formula is C16H17N5. The van der Waals surface area contributed by atoms with E-state index in [-0.39, 0.29) is 0 Å². The maximum atomic E-state index is 8.79. The zero-order valence-corrected chi connectivity index (χ0v) is 11.9. The third-order valence-electron chi connectivity index (χ3n) is 3.50. The number of nitriles is 1. The van der Waals surface area contributed by atoms with E-state index in [1.54, 1.807) is 0 Å². The minimum atomic E-state index is 0.522. The zero-order valence-electron chi connectivity index (χ0n) is 11.9. The quantitative estimate of drug-likeness (QED) is 0.880. The van der Waals surface area contributed by atoms with E-state index in [1.165, 1.54) is 12.8 Å². The molecule has 1 saturated carbocycles. The molecule has 106 valence electrons. The minimum Gasteiger partial charge on any atom is -0.373 e. The van der Waals surface area contributed by atoms with Gasteiger partial charge in [-0.15, -0.1) is 0 Å². The smallest absolute Gasteiger partial charge is 0.136 e. The van der Waals surface area contributed by atoms with Crippen LogP contribution < -0.4 is 10.6 Å². The van der Waals surface area contributed by atoms with Crippen molar-refractivity contribution in [2.45, 2.75) is 25.3 Å². The number of aromatic nitrogens is 2. The Labute approximate surface area is 124 Å². The standard InChI is InChI=1S/C16H17N5/c1-18-14-8-15(21-16(20-14)13-6-7-13)19-10-12-4-2-11(9-17)3-5-12/h2-5,8,13H,6-7,10H2,1H3,(H2,18,19,20,21). The number of hydrogen-bond acceptors (Lipinski definition) is 5. The maximum Gasteiger partial charge on any atom is 0.136 e. The van der Waals surface area contributed by atoms with Crippen LogP contribution in [0.1, 0.15) is 35.7 Å². The summed E-state index contributed by atoms with van der Waals surface area (Å²) < 4.78 is 0. The molecule has 0 bridgehead atoms. The van der Waals surface area contributed by atoms with Crippen molar-refractivity contribution in [1.82, 2.24) is 9.97 Å². The summed E-state index contributed by atoms with van der Waals surface area (Å²) in [4.78, 5) is 9.07. The first kappa shape index (κ1) is 13.4. The van der Waals surface area contributed by atoms with Crippen LogP contribution in [0.2, 0.25) is 0 Å². The highest BCUT2D eigenvalue weighted by Gasteiger charge is 2.27. The molecule has 5 heteroatoms. The molecule has 0 aliphatic heterocycles. The fourth-order valence-corrected chi connectivity index (χ4v) is 2.10. The molecule has 21 heavy (non-hydrogen) atoms. The van der Waals surface area contributed by atoms with E-state index in [2.05, 4.69) is 26.7 Å². The first-order valence-corrected chi connectivity index (χ1v) is 7.08. The summed E-state index contributed by atoms with van der Waals surface area (Å²) in [6, 6.07) is 11.6. The lowest BCUT2D eigenvalue weighted by atomic mass is 10.1. The normalized spacial score (nSPS) is 13.5. The Balaban J connectivity index is 1.71. The third kappa shape index (κ3) is 3.29. The predicted molar refractivity (Wildman–Crippen MR) is 82.0 cm³/mol. The zero-order chi connectivity index (χ0) is 14.7. The number of hydrogen-bond donors (Lipinski definition) is 2. The van der Waals surface area contributed by atoms with Gasteiger partial charge in [0.05, 0.1) is 11.6 Å². The molecular weight excluding hydrogens is 262 g/mol. The van der Waals surface area contributed by atoms with E-state index in [1.807, 2.05) is 37.4 Å². The molecule has 0 spiro atoms. The van der Waals surface area contributed by atoms with Gasteiger partial charge in [-0.2, -0.15) is 5.26 Å². The SMILES string of the molecule is CNc1cc(NCc2ccc(C#N)cc2)nc(C2CC2)n1. The van der Waals surface area contributed by atoms with E-state index in [0.29, 0.717) is 18.0 Å². The second-order valence-corrected chi connectivity index (χ2v) is 5.18. The van der Waals surface area contributed by atoms with Crippen LogP contribution in [-0.2, 0) is 6.54 Å². The molecule has 0 radical (unpaired) electrons. The molecule has 0 saturated heterocycles. The summed E-state index contributed by atoms with van der Waals surface area (Å²) in [5, 5.41) is 15.2. The van der Waals surface area contributed by atoms with Crippen molar-refractivity contribution in [1.29, 1.82) is 5.26 Å². The van der Waals surface area contributed by atoms with Gasteiger partial charge in [0.1, 0.15) is 17.5 Å². The monoisotopic (exact) mass is 279 g/mol. The number of nitrogens with zero attached hydrogens (tertiary/aromatic N) is 3. The lowest BCUT2D eigenvalue weighted by molar-refractivity contribution is 0.923. The van der Waals surface area contributed by atoms with Gasteiger partial charge in [0.25, 0.3) is 0 Å². The summed E-state index contributed by atoms with van der Waals surface area (Å²) in [7, 11) is 1.86. The Morgan fingerprint density at radius 3 is 2.52 bits per heavy atom. The highest BCUT2D eigenvalue weighted by Crippen LogP contribution is 2.38. The van der Waals surface area contributed by atoms with Crippen LogP contribution in [0.15, 0.2) is 30.3 Å². The molecule has 1 aromatic carbocycles. The molecule has 2 aromatic rings. The van der Waals surface area contributed by atoms with Crippen molar-refractivity contribution >= 4 is 11.6 Å². The summed E-state index contributed by atoms with van der Waals surface area (Å²) >= 11 is 0. The van der Waals surface area contributed by atoms with E-state index in [9.17, 15) is 0 Å². The van der Waals surface area contributed by atoms with Gasteiger partial charge >= 0.3 is 0 Å². The van der Waals surface area contributed by atoms with Crippen molar-refractivity contribution in [2.24, 2.45) is 0 Å². The van der Waals surface area contributed by atoms with Gasteiger partial charge in [-0.25, -0.2) is 9.97 Å². The van der Waals surface area contributed by atoms with Gasteiger partial charge < -0.3 is 10.6 Å². The van der Waals surface area contributed by atoms with Gasteiger partial charge in [-0.3, -0.25) is 0 Å². The van der Waals surface area contributed by atoms with Crippen LogP contribution >= 0.6 is 0 Å². The van der Waals surface area contributed by atoms with Crippen molar-refractivity contribution in [2.75, 3.05) is 17.7 Å². The molecule has 0 atom stereocenters. The highest BCUT2D eigenvalue weighted by atomic mass is 15.1. The Kier molecular flexibility index (Phi) is 3.69. The molecule has 1 aromatic heterocycles. The molecule has 1 fully saturated rings. The molecule has 1 aliphatic carbocycles. The van der Waals surface area contributed by atoms with Gasteiger partial charge in [0.15, 0.2) is 0 Å². The second kappa shape index (κ2) is 5.80. The van der Waals surface area contributed by atoms with Crippen LogP contribution in [0.3, 0.4) is 0 Å². The predicted octanol–water partition coefficient (Wildman–Crippen LogP) is 2.88. The Bertz CT molecular complexity index is 668. The van der Waals surface area contributed by atoms with E-state index in [0.717, 1.165) is 23.0 Å². The van der Waals surface area contributed by atoms with E-state index >= 15 is 0 Å². The molecule has 0 unspecified atom stereocenters. The van der Waals surface area contributed by atoms with Gasteiger partial charge in [-0.1, -0.05) is 12.1 Å². The van der Waals surface area contributed by atoms with Crippen LogP contribution in [0.25, 0.3) is 0 Å². The molecule has 3 rings (SSSR count). The first-order valence-electron chi connectivity index (χ1n) is 7.08. The summed E-state index contributed by atoms with van der Waals surface area (Å²) in [6.07, 6.45) is 2.37. The molecule has 1 aliphatic rings. The second-order valence-electron chi connectivity index (χ2n) is 5.18. The van der Waals surface area contributed by atoms with E-state index in [4.69, 9.17) is 5.26 Å². The molecule has 1 heterocycles. The van der Waals surface area contributed by atoms with Crippen LogP contribution in [0.5, 0.6) is 0 Å². The largest absolute Gasteiger partial charge is 0.373 e. The molecule has 0 amide bonds. The number of rotatable bonds is 5. The number of benzene rings is 1. The van der Waals surface area contributed by atoms with Crippen molar-refractivity contribution in [3.05, 3.63) is 47.3 Å².